The molecule has 3 aromatic carbocycles. The summed E-state index contributed by atoms with van der Waals surface area (Å²) >= 11 is 0. The van der Waals surface area contributed by atoms with Gasteiger partial charge in [-0.05, 0) is 49.6 Å². The second-order valence-corrected chi connectivity index (χ2v) is 10.3. The quantitative estimate of drug-likeness (QED) is 0.554. The number of hydrogen-bond acceptors (Lipinski definition) is 5. The fourth-order valence-electron chi connectivity index (χ4n) is 4.11. The van der Waals surface area contributed by atoms with E-state index in [1.54, 1.807) is 56.3 Å². The van der Waals surface area contributed by atoms with Gasteiger partial charge >= 0.3 is 5.97 Å². The van der Waals surface area contributed by atoms with Gasteiger partial charge in [-0.1, -0.05) is 60.7 Å². The standard InChI is InChI=1S/C26H27NO5S/c1-18(2)32-26(29)21-14-12-19(13-15-21)16-23-25(28)22-10-6-7-11-24(22)33(30,31)27(23)17-20-8-4-3-5-9-20/h3-15,18,23,25,28H,16-17H2,1-2H3/t23-,25-/m0/s1. The first-order valence-electron chi connectivity index (χ1n) is 10.9. The van der Waals surface area contributed by atoms with Crippen LogP contribution in [0.3, 0.4) is 0 Å². The number of sulfonamides is 1. The summed E-state index contributed by atoms with van der Waals surface area (Å²) in [6.45, 7) is 3.73. The topological polar surface area (TPSA) is 83.9 Å². The van der Waals surface area contributed by atoms with E-state index >= 15 is 0 Å². The van der Waals surface area contributed by atoms with Crippen LogP contribution in [0, 0.1) is 0 Å². The first kappa shape index (κ1) is 23.2. The molecule has 0 fully saturated rings. The number of nitrogens with zero attached hydrogens (tertiary/aromatic N) is 1. The van der Waals surface area contributed by atoms with E-state index in [2.05, 4.69) is 0 Å². The third kappa shape index (κ3) is 4.85. The maximum absolute atomic E-state index is 13.6. The summed E-state index contributed by atoms with van der Waals surface area (Å²) in [5, 5.41) is 11.2. The first-order chi connectivity index (χ1) is 15.8. The molecule has 7 heteroatoms. The number of aliphatic hydroxyl groups excluding tert-OH is 1. The molecule has 1 N–H and O–H groups in total. The van der Waals surface area contributed by atoms with Crippen LogP contribution in [0.25, 0.3) is 0 Å². The second kappa shape index (κ2) is 9.47. The molecule has 172 valence electrons. The average molecular weight is 466 g/mol. The largest absolute Gasteiger partial charge is 0.459 e. The number of carbonyl (C=O) groups is 1. The van der Waals surface area contributed by atoms with Gasteiger partial charge in [0.25, 0.3) is 0 Å². The summed E-state index contributed by atoms with van der Waals surface area (Å²) in [5.41, 5.74) is 2.48. The Morgan fingerprint density at radius 1 is 0.939 bits per heavy atom. The number of aliphatic hydroxyl groups is 1. The van der Waals surface area contributed by atoms with Gasteiger partial charge in [-0.3, -0.25) is 0 Å². The van der Waals surface area contributed by atoms with Crippen LogP contribution in [-0.2, 0) is 27.7 Å². The zero-order valence-electron chi connectivity index (χ0n) is 18.6. The monoisotopic (exact) mass is 465 g/mol. The van der Waals surface area contributed by atoms with Crippen molar-refractivity contribution >= 4 is 16.0 Å². The van der Waals surface area contributed by atoms with Gasteiger partial charge < -0.3 is 9.84 Å². The highest BCUT2D eigenvalue weighted by Crippen LogP contribution is 2.39. The Balaban J connectivity index is 1.67. The number of rotatable bonds is 6. The van der Waals surface area contributed by atoms with E-state index in [4.69, 9.17) is 4.74 Å². The van der Waals surface area contributed by atoms with Crippen LogP contribution in [0.15, 0.2) is 83.8 Å². The summed E-state index contributed by atoms with van der Waals surface area (Å²) in [6, 6.07) is 22.1. The van der Waals surface area contributed by atoms with Crippen LogP contribution in [0.1, 0.15) is 47.0 Å². The maximum Gasteiger partial charge on any atom is 0.338 e. The Bertz CT molecular complexity index is 1220. The highest BCUT2D eigenvalue weighted by atomic mass is 32.2. The number of carbonyl (C=O) groups excluding carboxylic acids is 1. The molecule has 1 aliphatic heterocycles. The molecule has 0 aromatic heterocycles. The van der Waals surface area contributed by atoms with Crippen molar-refractivity contribution in [1.29, 1.82) is 0 Å². The van der Waals surface area contributed by atoms with Crippen molar-refractivity contribution in [3.8, 4) is 0 Å². The van der Waals surface area contributed by atoms with Gasteiger partial charge in [0, 0.05) is 12.1 Å². The molecular weight excluding hydrogens is 438 g/mol. The molecule has 0 radical (unpaired) electrons. The van der Waals surface area contributed by atoms with Gasteiger partial charge in [0.2, 0.25) is 10.0 Å². The Hall–Kier alpha value is -3.00. The van der Waals surface area contributed by atoms with Crippen molar-refractivity contribution in [2.24, 2.45) is 0 Å². The minimum atomic E-state index is -3.82. The summed E-state index contributed by atoms with van der Waals surface area (Å²) in [4.78, 5) is 12.3. The Morgan fingerprint density at radius 3 is 2.24 bits per heavy atom. The van der Waals surface area contributed by atoms with Crippen LogP contribution in [0.4, 0.5) is 0 Å². The van der Waals surface area contributed by atoms with E-state index in [0.29, 0.717) is 17.5 Å². The number of ether oxygens (including phenoxy) is 1. The number of benzene rings is 3. The van der Waals surface area contributed by atoms with Crippen LogP contribution >= 0.6 is 0 Å². The van der Waals surface area contributed by atoms with Crippen molar-refractivity contribution in [3.05, 3.63) is 101 Å². The summed E-state index contributed by atoms with van der Waals surface area (Å²) in [7, 11) is -3.82. The molecule has 0 spiro atoms. The van der Waals surface area contributed by atoms with Gasteiger partial charge in [-0.2, -0.15) is 4.31 Å². The number of esters is 1. The highest BCUT2D eigenvalue weighted by Gasteiger charge is 2.43. The molecule has 0 bridgehead atoms. The van der Waals surface area contributed by atoms with E-state index in [-0.39, 0.29) is 17.5 Å². The van der Waals surface area contributed by atoms with Crippen molar-refractivity contribution in [2.45, 2.75) is 50.0 Å². The Labute approximate surface area is 194 Å². The van der Waals surface area contributed by atoms with Crippen molar-refractivity contribution < 1.29 is 23.1 Å². The van der Waals surface area contributed by atoms with Crippen LogP contribution in [0.5, 0.6) is 0 Å². The third-order valence-corrected chi connectivity index (χ3v) is 7.66. The lowest BCUT2D eigenvalue weighted by atomic mass is 9.95. The predicted molar refractivity (Wildman–Crippen MR) is 125 cm³/mol. The lowest BCUT2D eigenvalue weighted by Crippen LogP contribution is -2.48. The Morgan fingerprint density at radius 2 is 1.58 bits per heavy atom. The van der Waals surface area contributed by atoms with Gasteiger partial charge in [0.1, 0.15) is 0 Å². The third-order valence-electron chi connectivity index (χ3n) is 5.72. The van der Waals surface area contributed by atoms with E-state index in [0.717, 1.165) is 11.1 Å². The number of fused-ring (bicyclic) bond motifs is 1. The molecule has 1 aliphatic rings. The fourth-order valence-corrected chi connectivity index (χ4v) is 5.96. The summed E-state index contributed by atoms with van der Waals surface area (Å²) in [6.07, 6.45) is -0.911. The lowest BCUT2D eigenvalue weighted by Gasteiger charge is -2.39. The highest BCUT2D eigenvalue weighted by molar-refractivity contribution is 7.89. The van der Waals surface area contributed by atoms with Crippen LogP contribution < -0.4 is 0 Å². The minimum absolute atomic E-state index is 0.136. The maximum atomic E-state index is 13.6. The summed E-state index contributed by atoms with van der Waals surface area (Å²) in [5.74, 6) is -0.406. The molecular formula is C26H27NO5S. The zero-order chi connectivity index (χ0) is 23.6. The van der Waals surface area contributed by atoms with Gasteiger partial charge in [-0.25, -0.2) is 13.2 Å². The summed E-state index contributed by atoms with van der Waals surface area (Å²) < 4.78 is 33.7. The minimum Gasteiger partial charge on any atom is -0.459 e. The Kier molecular flexibility index (Phi) is 6.65. The molecule has 4 rings (SSSR count). The van der Waals surface area contributed by atoms with Gasteiger partial charge in [0.15, 0.2) is 0 Å². The molecule has 3 aromatic rings. The van der Waals surface area contributed by atoms with Crippen molar-refractivity contribution in [3.63, 3.8) is 0 Å². The molecule has 33 heavy (non-hydrogen) atoms. The van der Waals surface area contributed by atoms with Crippen LogP contribution in [0.2, 0.25) is 0 Å². The molecule has 0 amide bonds. The SMILES string of the molecule is CC(C)OC(=O)c1ccc(C[C@H]2[C@@H](O)c3ccccc3S(=O)(=O)N2Cc2ccccc2)cc1. The molecule has 6 nitrogen and oxygen atoms in total. The van der Waals surface area contributed by atoms with E-state index < -0.39 is 28.1 Å². The van der Waals surface area contributed by atoms with Gasteiger partial charge in [-0.15, -0.1) is 0 Å². The average Bonchev–Trinajstić information content (AvgIpc) is 2.80. The van der Waals surface area contributed by atoms with E-state index in [1.165, 1.54) is 10.4 Å². The molecule has 2 atom stereocenters. The smallest absolute Gasteiger partial charge is 0.338 e. The van der Waals surface area contributed by atoms with E-state index in [9.17, 15) is 18.3 Å². The van der Waals surface area contributed by atoms with Crippen molar-refractivity contribution in [1.82, 2.24) is 4.31 Å². The second-order valence-electron chi connectivity index (χ2n) is 8.44. The predicted octanol–water partition coefficient (Wildman–Crippen LogP) is 4.10. The van der Waals surface area contributed by atoms with Crippen molar-refractivity contribution in [2.75, 3.05) is 0 Å². The molecule has 0 unspecified atom stereocenters. The molecule has 0 saturated heterocycles. The van der Waals surface area contributed by atoms with Crippen LogP contribution in [-0.4, -0.2) is 35.9 Å². The fraction of sp³-hybridized carbons (Fsp3) is 0.269. The lowest BCUT2D eigenvalue weighted by molar-refractivity contribution is 0.0378. The number of hydrogen-bond donors (Lipinski definition) is 1. The molecule has 0 aliphatic carbocycles. The first-order valence-corrected chi connectivity index (χ1v) is 12.3. The molecule has 1 heterocycles. The van der Waals surface area contributed by atoms with Gasteiger partial charge in [0.05, 0.1) is 28.7 Å². The van der Waals surface area contributed by atoms with E-state index in [1.807, 2.05) is 30.3 Å². The normalized spacial score (nSPS) is 19.8. The molecule has 0 saturated carbocycles. The zero-order valence-corrected chi connectivity index (χ0v) is 19.4.